The van der Waals surface area contributed by atoms with Crippen LogP contribution in [0.1, 0.15) is 44.9 Å². The highest BCUT2D eigenvalue weighted by atomic mass is 35.5. The van der Waals surface area contributed by atoms with Gasteiger partial charge in [-0.2, -0.15) is 17.4 Å². The number of hydrogen-bond acceptors (Lipinski definition) is 2. The molecule has 0 aromatic carbocycles. The summed E-state index contributed by atoms with van der Waals surface area (Å²) in [6, 6.07) is 0. The van der Waals surface area contributed by atoms with E-state index in [1.54, 1.807) is 4.31 Å². The van der Waals surface area contributed by atoms with E-state index in [-0.39, 0.29) is 0 Å². The second-order valence-electron chi connectivity index (χ2n) is 5.19. The smallest absolute Gasteiger partial charge is 0.195 e. The first-order valence-electron chi connectivity index (χ1n) is 6.43. The van der Waals surface area contributed by atoms with Crippen LogP contribution in [0.3, 0.4) is 0 Å². The minimum absolute atomic E-state index is 0.375. The van der Waals surface area contributed by atoms with Crippen LogP contribution in [0, 0.1) is 0 Å². The molecule has 1 heterocycles. The zero-order valence-corrected chi connectivity index (χ0v) is 11.7. The lowest BCUT2D eigenvalue weighted by Gasteiger charge is -2.37. The molecule has 6 heteroatoms. The maximum absolute atomic E-state index is 12.2. The van der Waals surface area contributed by atoms with Crippen LogP contribution in [0.2, 0.25) is 0 Å². The molecule has 1 aliphatic heterocycles. The molecule has 0 aromatic heterocycles. The Balaban J connectivity index is 2.06. The van der Waals surface area contributed by atoms with Crippen molar-refractivity contribution in [1.82, 2.24) is 9.03 Å². The summed E-state index contributed by atoms with van der Waals surface area (Å²) in [5.41, 5.74) is -0.402. The van der Waals surface area contributed by atoms with Crippen LogP contribution in [0.5, 0.6) is 0 Å². The molecule has 2 aliphatic rings. The van der Waals surface area contributed by atoms with Crippen molar-refractivity contribution in [3.05, 3.63) is 0 Å². The van der Waals surface area contributed by atoms with Crippen molar-refractivity contribution in [2.75, 3.05) is 19.0 Å². The molecule has 2 fully saturated rings. The molecule has 1 N–H and O–H groups in total. The van der Waals surface area contributed by atoms with E-state index >= 15 is 0 Å². The lowest BCUT2D eigenvalue weighted by molar-refractivity contribution is 0.290. The van der Waals surface area contributed by atoms with Crippen LogP contribution in [-0.2, 0) is 10.2 Å². The van der Waals surface area contributed by atoms with E-state index in [0.717, 1.165) is 38.5 Å². The van der Waals surface area contributed by atoms with Crippen LogP contribution in [0.15, 0.2) is 0 Å². The van der Waals surface area contributed by atoms with Crippen molar-refractivity contribution in [1.29, 1.82) is 0 Å². The molecule has 1 saturated carbocycles. The van der Waals surface area contributed by atoms with Gasteiger partial charge >= 0.3 is 0 Å². The predicted molar refractivity (Wildman–Crippen MR) is 69.4 cm³/mol. The Morgan fingerprint density at radius 1 is 1.06 bits per heavy atom. The highest BCUT2D eigenvalue weighted by molar-refractivity contribution is 7.87. The van der Waals surface area contributed by atoms with Gasteiger partial charge in [0.15, 0.2) is 0 Å². The third-order valence-electron chi connectivity index (χ3n) is 3.82. The number of hydrogen-bond donors (Lipinski definition) is 1. The van der Waals surface area contributed by atoms with Crippen molar-refractivity contribution < 1.29 is 8.42 Å². The van der Waals surface area contributed by atoms with Crippen LogP contribution in [-0.4, -0.2) is 37.2 Å². The fourth-order valence-electron chi connectivity index (χ4n) is 2.76. The lowest BCUT2D eigenvalue weighted by atomic mass is 9.84. The molecule has 0 spiro atoms. The first-order valence-corrected chi connectivity index (χ1v) is 8.40. The molecule has 1 saturated heterocycles. The molecular formula is C11H21ClN2O2S. The van der Waals surface area contributed by atoms with E-state index in [2.05, 4.69) is 4.72 Å². The Hall–Kier alpha value is 0.160. The van der Waals surface area contributed by atoms with E-state index in [1.807, 2.05) is 0 Å². The second-order valence-corrected chi connectivity index (χ2v) is 7.13. The molecular weight excluding hydrogens is 260 g/mol. The number of nitrogens with zero attached hydrogens (tertiary/aromatic N) is 1. The van der Waals surface area contributed by atoms with Gasteiger partial charge in [0.25, 0.3) is 10.2 Å². The first-order chi connectivity index (χ1) is 8.08. The van der Waals surface area contributed by atoms with E-state index in [9.17, 15) is 8.42 Å². The molecule has 100 valence electrons. The fourth-order valence-corrected chi connectivity index (χ4v) is 4.86. The fraction of sp³-hybridized carbons (Fsp3) is 1.00. The van der Waals surface area contributed by atoms with Crippen LogP contribution in [0.4, 0.5) is 0 Å². The summed E-state index contributed by atoms with van der Waals surface area (Å²) in [5.74, 6) is 0.375. The van der Waals surface area contributed by atoms with Crippen molar-refractivity contribution in [3.63, 3.8) is 0 Å². The zero-order valence-electron chi connectivity index (χ0n) is 10.1. The molecule has 0 amide bonds. The monoisotopic (exact) mass is 280 g/mol. The molecule has 0 aromatic rings. The topological polar surface area (TPSA) is 49.4 Å². The van der Waals surface area contributed by atoms with Gasteiger partial charge < -0.3 is 0 Å². The summed E-state index contributed by atoms with van der Waals surface area (Å²) < 4.78 is 28.9. The van der Waals surface area contributed by atoms with Crippen LogP contribution < -0.4 is 4.72 Å². The van der Waals surface area contributed by atoms with Gasteiger partial charge in [-0.25, -0.2) is 0 Å². The van der Waals surface area contributed by atoms with Gasteiger partial charge in [-0.3, -0.25) is 0 Å². The number of rotatable bonds is 4. The Labute approximate surface area is 109 Å². The molecule has 0 unspecified atom stereocenters. The minimum Gasteiger partial charge on any atom is -0.195 e. The number of halogens is 1. The molecule has 1 aliphatic carbocycles. The highest BCUT2D eigenvalue weighted by Gasteiger charge is 2.38. The van der Waals surface area contributed by atoms with Gasteiger partial charge in [0.2, 0.25) is 0 Å². The number of nitrogens with one attached hydrogen (secondary N) is 1. The third kappa shape index (κ3) is 3.13. The largest absolute Gasteiger partial charge is 0.279 e. The maximum atomic E-state index is 12.2. The molecule has 2 rings (SSSR count). The molecule has 0 atom stereocenters. The van der Waals surface area contributed by atoms with Crippen molar-refractivity contribution in [2.45, 2.75) is 50.5 Å². The predicted octanol–water partition coefficient (Wildman–Crippen LogP) is 1.86. The Bertz CT molecular complexity index is 346. The van der Waals surface area contributed by atoms with Gasteiger partial charge in [-0.05, 0) is 25.7 Å². The summed E-state index contributed by atoms with van der Waals surface area (Å²) in [5, 5.41) is 0. The van der Waals surface area contributed by atoms with Crippen LogP contribution >= 0.6 is 11.6 Å². The van der Waals surface area contributed by atoms with Gasteiger partial charge in [-0.15, -0.1) is 11.6 Å². The molecule has 17 heavy (non-hydrogen) atoms. The normalized spacial score (nSPS) is 26.2. The van der Waals surface area contributed by atoms with Gasteiger partial charge in [0, 0.05) is 24.5 Å². The average molecular weight is 281 g/mol. The second kappa shape index (κ2) is 5.43. The summed E-state index contributed by atoms with van der Waals surface area (Å²) in [6.07, 6.45) is 6.98. The zero-order chi connectivity index (χ0) is 12.4. The minimum atomic E-state index is -3.33. The molecule has 4 nitrogen and oxygen atoms in total. The maximum Gasteiger partial charge on any atom is 0.279 e. The number of alkyl halides is 1. The quantitative estimate of drug-likeness (QED) is 0.799. The van der Waals surface area contributed by atoms with Gasteiger partial charge in [0.05, 0.1) is 0 Å². The summed E-state index contributed by atoms with van der Waals surface area (Å²) in [4.78, 5) is 0. The SMILES string of the molecule is O=S(=O)(NC1(CCl)CCCCC1)N1CCCC1. The van der Waals surface area contributed by atoms with E-state index < -0.39 is 15.7 Å². The first kappa shape index (κ1) is 13.6. The Kier molecular flexibility index (Phi) is 4.34. The summed E-state index contributed by atoms with van der Waals surface area (Å²) in [7, 11) is -3.33. The third-order valence-corrected chi connectivity index (χ3v) is 6.06. The summed E-state index contributed by atoms with van der Waals surface area (Å²) >= 11 is 6.00. The van der Waals surface area contributed by atoms with Crippen molar-refractivity contribution in [2.24, 2.45) is 0 Å². The van der Waals surface area contributed by atoms with E-state index in [4.69, 9.17) is 11.6 Å². The van der Waals surface area contributed by atoms with E-state index in [0.29, 0.717) is 19.0 Å². The van der Waals surface area contributed by atoms with Crippen molar-refractivity contribution in [3.8, 4) is 0 Å². The Morgan fingerprint density at radius 3 is 2.18 bits per heavy atom. The molecule has 0 radical (unpaired) electrons. The Morgan fingerprint density at radius 2 is 1.65 bits per heavy atom. The van der Waals surface area contributed by atoms with E-state index in [1.165, 1.54) is 6.42 Å². The van der Waals surface area contributed by atoms with Gasteiger partial charge in [0.1, 0.15) is 0 Å². The summed E-state index contributed by atoms with van der Waals surface area (Å²) in [6.45, 7) is 1.29. The lowest BCUT2D eigenvalue weighted by Crippen LogP contribution is -2.55. The molecule has 0 bridgehead atoms. The van der Waals surface area contributed by atoms with Crippen LogP contribution in [0.25, 0.3) is 0 Å². The van der Waals surface area contributed by atoms with Gasteiger partial charge in [-0.1, -0.05) is 19.3 Å². The average Bonchev–Trinajstić information content (AvgIpc) is 2.84. The highest BCUT2D eigenvalue weighted by Crippen LogP contribution is 2.30. The standard InChI is InChI=1S/C11H21ClN2O2S/c12-10-11(6-2-1-3-7-11)13-17(15,16)14-8-4-5-9-14/h13H,1-10H2. The van der Waals surface area contributed by atoms with Crippen molar-refractivity contribution >= 4 is 21.8 Å².